The molecule has 0 radical (unpaired) electrons. The van der Waals surface area contributed by atoms with Crippen molar-refractivity contribution in [3.05, 3.63) is 29.8 Å². The van der Waals surface area contributed by atoms with E-state index in [0.29, 0.717) is 18.2 Å². The molecule has 2 N–H and O–H groups in total. The molecule has 106 valence electrons. The maximum absolute atomic E-state index is 5.60. The van der Waals surface area contributed by atoms with Crippen molar-refractivity contribution >= 4 is 17.2 Å². The van der Waals surface area contributed by atoms with Crippen LogP contribution in [0.3, 0.4) is 0 Å². The third kappa shape index (κ3) is 7.10. The molecule has 1 aromatic carbocycles. The first-order chi connectivity index (χ1) is 9.24. The van der Waals surface area contributed by atoms with Crippen LogP contribution >= 0.6 is 12.2 Å². The summed E-state index contributed by atoms with van der Waals surface area (Å²) in [6, 6.07) is 7.49. The van der Waals surface area contributed by atoms with E-state index < -0.39 is 0 Å². The van der Waals surface area contributed by atoms with Gasteiger partial charge in [-0.1, -0.05) is 24.4 Å². The zero-order chi connectivity index (χ0) is 13.9. The van der Waals surface area contributed by atoms with E-state index in [1.54, 1.807) is 7.11 Å². The fourth-order valence-electron chi connectivity index (χ4n) is 1.50. The number of benzene rings is 1. The number of hydrogen-bond donors (Lipinski definition) is 1. The summed E-state index contributed by atoms with van der Waals surface area (Å²) in [6.45, 7) is 2.77. The molecular weight excluding hydrogens is 262 g/mol. The van der Waals surface area contributed by atoms with Crippen molar-refractivity contribution in [1.82, 2.24) is 0 Å². The molecule has 0 aromatic heterocycles. The first-order valence-corrected chi connectivity index (χ1v) is 6.74. The molecule has 4 nitrogen and oxygen atoms in total. The van der Waals surface area contributed by atoms with Gasteiger partial charge in [-0.2, -0.15) is 0 Å². The van der Waals surface area contributed by atoms with E-state index in [9.17, 15) is 0 Å². The Morgan fingerprint density at radius 1 is 1.16 bits per heavy atom. The van der Waals surface area contributed by atoms with E-state index in [4.69, 9.17) is 32.2 Å². The van der Waals surface area contributed by atoms with Gasteiger partial charge in [-0.25, -0.2) is 0 Å². The van der Waals surface area contributed by atoms with E-state index in [1.165, 1.54) is 0 Å². The molecule has 0 aliphatic heterocycles. The molecule has 0 amide bonds. The standard InChI is InChI=1S/C14H21NO3S/c1-16-7-3-8-17-9-4-10-18-13-6-2-5-12(11-13)14(15)19/h2,5-6,11H,3-4,7-10H2,1H3,(H2,15,19). The topological polar surface area (TPSA) is 53.7 Å². The van der Waals surface area contributed by atoms with Crippen LogP contribution in [0, 0.1) is 0 Å². The molecule has 0 unspecified atom stereocenters. The van der Waals surface area contributed by atoms with Gasteiger partial charge < -0.3 is 19.9 Å². The van der Waals surface area contributed by atoms with Crippen LogP contribution in [0.25, 0.3) is 0 Å². The van der Waals surface area contributed by atoms with E-state index >= 15 is 0 Å². The predicted molar refractivity (Wildman–Crippen MR) is 79.8 cm³/mol. The van der Waals surface area contributed by atoms with Gasteiger partial charge in [0.05, 0.1) is 6.61 Å². The van der Waals surface area contributed by atoms with Crippen molar-refractivity contribution in [2.45, 2.75) is 12.8 Å². The summed E-state index contributed by atoms with van der Waals surface area (Å²) in [7, 11) is 1.69. The van der Waals surface area contributed by atoms with Gasteiger partial charge in [0.25, 0.3) is 0 Å². The highest BCUT2D eigenvalue weighted by molar-refractivity contribution is 7.80. The fraction of sp³-hybridized carbons (Fsp3) is 0.500. The lowest BCUT2D eigenvalue weighted by Gasteiger charge is -2.08. The van der Waals surface area contributed by atoms with Gasteiger partial charge in [0.15, 0.2) is 0 Å². The number of methoxy groups -OCH3 is 1. The van der Waals surface area contributed by atoms with Crippen molar-refractivity contribution in [2.75, 3.05) is 33.5 Å². The van der Waals surface area contributed by atoms with Gasteiger partial charge in [0.2, 0.25) is 0 Å². The van der Waals surface area contributed by atoms with Crippen molar-refractivity contribution < 1.29 is 14.2 Å². The van der Waals surface area contributed by atoms with Gasteiger partial charge in [-0.05, 0) is 18.6 Å². The molecule has 0 spiro atoms. The lowest BCUT2D eigenvalue weighted by Crippen LogP contribution is -2.09. The zero-order valence-corrected chi connectivity index (χ0v) is 12.1. The molecule has 0 bridgehead atoms. The average molecular weight is 283 g/mol. The van der Waals surface area contributed by atoms with Gasteiger partial charge in [-0.15, -0.1) is 0 Å². The Labute approximate surface area is 119 Å². The second kappa shape index (κ2) is 9.72. The predicted octanol–water partition coefficient (Wildman–Crippen LogP) is 2.14. The smallest absolute Gasteiger partial charge is 0.119 e. The molecule has 0 fully saturated rings. The van der Waals surface area contributed by atoms with Gasteiger partial charge in [-0.3, -0.25) is 0 Å². The van der Waals surface area contributed by atoms with Crippen molar-refractivity contribution in [3.63, 3.8) is 0 Å². The molecule has 0 saturated heterocycles. The second-order valence-corrected chi connectivity index (χ2v) is 4.49. The van der Waals surface area contributed by atoms with Crippen molar-refractivity contribution in [2.24, 2.45) is 5.73 Å². The fourth-order valence-corrected chi connectivity index (χ4v) is 1.62. The van der Waals surface area contributed by atoms with E-state index in [0.717, 1.165) is 37.4 Å². The normalized spacial score (nSPS) is 10.4. The Morgan fingerprint density at radius 2 is 1.89 bits per heavy atom. The first kappa shape index (κ1) is 15.9. The Kier molecular flexibility index (Phi) is 8.13. The SMILES string of the molecule is COCCCOCCCOc1cccc(C(N)=S)c1. The Bertz CT molecular complexity index is 385. The van der Waals surface area contributed by atoms with E-state index in [-0.39, 0.29) is 0 Å². The Hall–Kier alpha value is -1.17. The first-order valence-electron chi connectivity index (χ1n) is 6.33. The summed E-state index contributed by atoms with van der Waals surface area (Å²) in [5.74, 6) is 0.782. The Balaban J connectivity index is 2.12. The average Bonchev–Trinajstić information content (AvgIpc) is 2.42. The van der Waals surface area contributed by atoms with Crippen LogP contribution in [0.15, 0.2) is 24.3 Å². The maximum Gasteiger partial charge on any atom is 0.119 e. The van der Waals surface area contributed by atoms with Crippen LogP contribution in [0.2, 0.25) is 0 Å². The summed E-state index contributed by atoms with van der Waals surface area (Å²) in [5, 5.41) is 0. The molecule has 19 heavy (non-hydrogen) atoms. The highest BCUT2D eigenvalue weighted by atomic mass is 32.1. The van der Waals surface area contributed by atoms with E-state index in [1.807, 2.05) is 24.3 Å². The molecule has 0 heterocycles. The molecule has 5 heteroatoms. The van der Waals surface area contributed by atoms with Crippen LogP contribution in [0.4, 0.5) is 0 Å². The molecule has 1 rings (SSSR count). The van der Waals surface area contributed by atoms with E-state index in [2.05, 4.69) is 0 Å². The third-order valence-corrected chi connectivity index (χ3v) is 2.69. The Morgan fingerprint density at radius 3 is 2.58 bits per heavy atom. The van der Waals surface area contributed by atoms with Gasteiger partial charge >= 0.3 is 0 Å². The number of hydrogen-bond acceptors (Lipinski definition) is 4. The summed E-state index contributed by atoms with van der Waals surface area (Å²) >= 11 is 4.92. The zero-order valence-electron chi connectivity index (χ0n) is 11.3. The summed E-state index contributed by atoms with van der Waals surface area (Å²) < 4.78 is 16.0. The number of rotatable bonds is 10. The quantitative estimate of drug-likeness (QED) is 0.527. The largest absolute Gasteiger partial charge is 0.493 e. The molecule has 0 aliphatic rings. The monoisotopic (exact) mass is 283 g/mol. The van der Waals surface area contributed by atoms with Crippen LogP contribution in [0.5, 0.6) is 5.75 Å². The highest BCUT2D eigenvalue weighted by Gasteiger charge is 1.99. The van der Waals surface area contributed by atoms with Crippen molar-refractivity contribution in [3.8, 4) is 5.75 Å². The van der Waals surface area contributed by atoms with Gasteiger partial charge in [0, 0.05) is 38.9 Å². The number of thiocarbonyl (C=S) groups is 1. The third-order valence-electron chi connectivity index (χ3n) is 2.46. The van der Waals surface area contributed by atoms with Crippen LogP contribution < -0.4 is 10.5 Å². The molecule has 0 atom stereocenters. The van der Waals surface area contributed by atoms with Crippen LogP contribution in [0.1, 0.15) is 18.4 Å². The molecule has 1 aromatic rings. The molecule has 0 aliphatic carbocycles. The maximum atomic E-state index is 5.60. The minimum Gasteiger partial charge on any atom is -0.493 e. The second-order valence-electron chi connectivity index (χ2n) is 4.05. The lowest BCUT2D eigenvalue weighted by atomic mass is 10.2. The summed E-state index contributed by atoms with van der Waals surface area (Å²) in [6.07, 6.45) is 1.78. The van der Waals surface area contributed by atoms with Crippen LogP contribution in [-0.4, -0.2) is 38.5 Å². The number of ether oxygens (including phenoxy) is 3. The van der Waals surface area contributed by atoms with Gasteiger partial charge in [0.1, 0.15) is 10.7 Å². The minimum absolute atomic E-state index is 0.381. The summed E-state index contributed by atoms with van der Waals surface area (Å²) in [4.78, 5) is 0.381. The molecule has 0 saturated carbocycles. The summed E-state index contributed by atoms with van der Waals surface area (Å²) in [5.41, 5.74) is 6.39. The van der Waals surface area contributed by atoms with Crippen molar-refractivity contribution in [1.29, 1.82) is 0 Å². The highest BCUT2D eigenvalue weighted by Crippen LogP contribution is 2.13. The minimum atomic E-state index is 0.381. The lowest BCUT2D eigenvalue weighted by molar-refractivity contribution is 0.0940. The number of nitrogens with two attached hydrogens (primary N) is 1. The van der Waals surface area contributed by atoms with Crippen LogP contribution in [-0.2, 0) is 9.47 Å². The molecular formula is C14H21NO3S.